The van der Waals surface area contributed by atoms with E-state index in [1.807, 2.05) is 43.3 Å². The highest BCUT2D eigenvalue weighted by molar-refractivity contribution is 5.90. The van der Waals surface area contributed by atoms with E-state index in [-0.39, 0.29) is 24.0 Å². The fraction of sp³-hybridized carbons (Fsp3) is 0.440. The van der Waals surface area contributed by atoms with Crippen LogP contribution in [-0.2, 0) is 23.8 Å². The number of fused-ring (bicyclic) bond motifs is 4. The van der Waals surface area contributed by atoms with E-state index in [0.717, 1.165) is 36.6 Å². The Morgan fingerprint density at radius 1 is 1.28 bits per heavy atom. The number of aryl methyl sites for hydroxylation is 1. The lowest BCUT2D eigenvalue weighted by molar-refractivity contribution is -0.138. The summed E-state index contributed by atoms with van der Waals surface area (Å²) in [7, 11) is 3.70. The summed E-state index contributed by atoms with van der Waals surface area (Å²) >= 11 is 0. The maximum atomic E-state index is 12.9. The molecule has 1 saturated heterocycles. The molecule has 1 N–H and O–H groups in total. The number of ether oxygens (including phenoxy) is 1. The largest absolute Gasteiger partial charge is 0.497 e. The van der Waals surface area contributed by atoms with Crippen LogP contribution in [0.5, 0.6) is 5.75 Å². The molecule has 32 heavy (non-hydrogen) atoms. The minimum Gasteiger partial charge on any atom is -0.497 e. The lowest BCUT2D eigenvalue weighted by atomic mass is 9.68. The average molecular weight is 435 g/mol. The van der Waals surface area contributed by atoms with Gasteiger partial charge in [-0.05, 0) is 29.3 Å². The molecule has 1 atom stereocenters. The molecule has 2 aromatic heterocycles. The van der Waals surface area contributed by atoms with Crippen molar-refractivity contribution in [3.05, 3.63) is 59.5 Å². The molecule has 1 aromatic carbocycles. The quantitative estimate of drug-likeness (QED) is 0.669. The van der Waals surface area contributed by atoms with Crippen LogP contribution < -0.4 is 4.74 Å². The van der Waals surface area contributed by atoms with Crippen LogP contribution in [0.2, 0.25) is 0 Å². The number of aliphatic hydroxyl groups is 1. The fourth-order valence-electron chi connectivity index (χ4n) is 5.75. The van der Waals surface area contributed by atoms with E-state index in [4.69, 9.17) is 4.74 Å². The number of pyridine rings is 1. The topological polar surface area (TPSA) is 70.8 Å². The Hall–Kier alpha value is -2.90. The van der Waals surface area contributed by atoms with Crippen LogP contribution >= 0.6 is 0 Å². The third-order valence-electron chi connectivity index (χ3n) is 7.13. The lowest BCUT2D eigenvalue weighted by Gasteiger charge is -2.56. The van der Waals surface area contributed by atoms with Crippen molar-refractivity contribution >= 4 is 16.8 Å². The molecule has 2 aliphatic rings. The van der Waals surface area contributed by atoms with Gasteiger partial charge in [-0.25, -0.2) is 0 Å². The zero-order chi connectivity index (χ0) is 22.5. The van der Waals surface area contributed by atoms with Gasteiger partial charge in [-0.3, -0.25) is 14.7 Å². The number of benzene rings is 1. The fourth-order valence-corrected chi connectivity index (χ4v) is 5.75. The third-order valence-corrected chi connectivity index (χ3v) is 7.13. The summed E-state index contributed by atoms with van der Waals surface area (Å²) < 4.78 is 7.62. The van der Waals surface area contributed by atoms with Crippen LogP contribution in [0.3, 0.4) is 0 Å². The molecule has 2 aliphatic heterocycles. The summed E-state index contributed by atoms with van der Waals surface area (Å²) in [5.41, 5.74) is 4.44. The van der Waals surface area contributed by atoms with E-state index in [9.17, 15) is 9.90 Å². The first-order valence-electron chi connectivity index (χ1n) is 11.2. The second-order valence-corrected chi connectivity index (χ2v) is 9.06. The highest BCUT2D eigenvalue weighted by atomic mass is 16.5. The van der Waals surface area contributed by atoms with E-state index < -0.39 is 0 Å². The van der Waals surface area contributed by atoms with Crippen LogP contribution in [0.4, 0.5) is 0 Å². The Bertz CT molecular complexity index is 1150. The minimum atomic E-state index is -0.334. The van der Waals surface area contributed by atoms with Crippen molar-refractivity contribution in [1.29, 1.82) is 0 Å². The molecule has 7 heteroatoms. The number of likely N-dealkylation sites (tertiary alicyclic amines) is 1. The number of aromatic nitrogens is 2. The Balaban J connectivity index is 1.60. The van der Waals surface area contributed by atoms with Gasteiger partial charge in [0.1, 0.15) is 5.75 Å². The second kappa shape index (κ2) is 7.90. The molecule has 1 fully saturated rings. The van der Waals surface area contributed by atoms with Crippen molar-refractivity contribution in [3.8, 4) is 5.75 Å². The molecule has 1 spiro atoms. The Morgan fingerprint density at radius 3 is 2.75 bits per heavy atom. The number of methoxy groups -OCH3 is 1. The van der Waals surface area contributed by atoms with Crippen LogP contribution in [0.25, 0.3) is 10.9 Å². The standard InChI is InChI=1S/C25H30N4O3/c1-4-22(31)29-16-25(14-28(15-25)12-17-6-5-9-26-11-17)23-19-8-7-18(32-3)10-20(19)27(2)24(23)21(29)13-30/h5-11,21,30H,4,12-16H2,1-3H3/t21-/m0/s1. The molecule has 7 nitrogen and oxygen atoms in total. The van der Waals surface area contributed by atoms with E-state index >= 15 is 0 Å². The second-order valence-electron chi connectivity index (χ2n) is 9.06. The first-order chi connectivity index (χ1) is 15.5. The molecule has 0 unspecified atom stereocenters. The van der Waals surface area contributed by atoms with Gasteiger partial charge in [-0.2, -0.15) is 0 Å². The predicted octanol–water partition coefficient (Wildman–Crippen LogP) is 2.62. The molecule has 5 rings (SSSR count). The number of hydrogen-bond acceptors (Lipinski definition) is 5. The van der Waals surface area contributed by atoms with Crippen LogP contribution in [-0.4, -0.2) is 63.7 Å². The summed E-state index contributed by atoms with van der Waals surface area (Å²) in [4.78, 5) is 21.5. The van der Waals surface area contributed by atoms with E-state index in [1.54, 1.807) is 13.3 Å². The van der Waals surface area contributed by atoms with Gasteiger partial charge in [0.25, 0.3) is 0 Å². The Kier molecular flexibility index (Phi) is 5.18. The lowest BCUT2D eigenvalue weighted by Crippen LogP contribution is -2.66. The number of carbonyl (C=O) groups is 1. The molecule has 0 aliphatic carbocycles. The van der Waals surface area contributed by atoms with Gasteiger partial charge in [-0.1, -0.05) is 13.0 Å². The van der Waals surface area contributed by atoms with Gasteiger partial charge in [0.15, 0.2) is 0 Å². The Morgan fingerprint density at radius 2 is 2.09 bits per heavy atom. The van der Waals surface area contributed by atoms with Gasteiger partial charge in [0.05, 0.1) is 25.3 Å². The SMILES string of the molecule is CCC(=O)N1CC2(CN(Cc3cccnc3)C2)c2c(n(C)c3cc(OC)ccc23)[C@@H]1CO. The number of nitrogens with zero attached hydrogens (tertiary/aromatic N) is 4. The van der Waals surface area contributed by atoms with Crippen molar-refractivity contribution in [3.63, 3.8) is 0 Å². The monoisotopic (exact) mass is 434 g/mol. The number of hydrogen-bond donors (Lipinski definition) is 1. The van der Waals surface area contributed by atoms with Crippen LogP contribution in [0, 0.1) is 0 Å². The zero-order valence-corrected chi connectivity index (χ0v) is 18.9. The Labute approximate surface area is 188 Å². The third kappa shape index (κ3) is 3.11. The predicted molar refractivity (Wildman–Crippen MR) is 122 cm³/mol. The number of amides is 1. The van der Waals surface area contributed by atoms with Crippen molar-refractivity contribution in [1.82, 2.24) is 19.4 Å². The van der Waals surface area contributed by atoms with Gasteiger partial charge >= 0.3 is 0 Å². The normalized spacial score (nSPS) is 19.8. The van der Waals surface area contributed by atoms with Crippen molar-refractivity contribution in [2.45, 2.75) is 31.3 Å². The molecule has 0 saturated carbocycles. The number of carbonyl (C=O) groups excluding carboxylic acids is 1. The van der Waals surface area contributed by atoms with Crippen molar-refractivity contribution < 1.29 is 14.6 Å². The molecule has 0 radical (unpaired) electrons. The summed E-state index contributed by atoms with van der Waals surface area (Å²) in [6.45, 7) is 5.01. The summed E-state index contributed by atoms with van der Waals surface area (Å²) in [5.74, 6) is 0.890. The van der Waals surface area contributed by atoms with Gasteiger partial charge in [0.2, 0.25) is 5.91 Å². The highest BCUT2D eigenvalue weighted by Crippen LogP contribution is 2.50. The molecule has 4 heterocycles. The molecule has 1 amide bonds. The van der Waals surface area contributed by atoms with Crippen molar-refractivity contribution in [2.24, 2.45) is 7.05 Å². The van der Waals surface area contributed by atoms with E-state index in [1.165, 1.54) is 16.5 Å². The maximum absolute atomic E-state index is 12.9. The number of aliphatic hydroxyl groups excluding tert-OH is 1. The van der Waals surface area contributed by atoms with E-state index in [0.29, 0.717) is 13.0 Å². The average Bonchev–Trinajstić information content (AvgIpc) is 3.10. The summed E-state index contributed by atoms with van der Waals surface area (Å²) in [6.07, 6.45) is 4.14. The molecule has 0 bridgehead atoms. The summed E-state index contributed by atoms with van der Waals surface area (Å²) in [5, 5.41) is 11.5. The molecule has 168 valence electrons. The first-order valence-corrected chi connectivity index (χ1v) is 11.2. The molecular formula is C25H30N4O3. The van der Waals surface area contributed by atoms with Gasteiger partial charge in [0, 0.05) is 74.6 Å². The number of rotatable bonds is 5. The molecular weight excluding hydrogens is 404 g/mol. The first kappa shape index (κ1) is 21.0. The highest BCUT2D eigenvalue weighted by Gasteiger charge is 2.53. The van der Waals surface area contributed by atoms with Crippen molar-refractivity contribution in [2.75, 3.05) is 33.4 Å². The van der Waals surface area contributed by atoms with Gasteiger partial charge in [-0.15, -0.1) is 0 Å². The zero-order valence-electron chi connectivity index (χ0n) is 18.9. The smallest absolute Gasteiger partial charge is 0.222 e. The maximum Gasteiger partial charge on any atom is 0.222 e. The van der Waals surface area contributed by atoms with Crippen LogP contribution in [0.1, 0.15) is 36.2 Å². The van der Waals surface area contributed by atoms with Gasteiger partial charge < -0.3 is 19.3 Å². The molecule has 3 aromatic rings. The van der Waals surface area contributed by atoms with Crippen LogP contribution in [0.15, 0.2) is 42.7 Å². The minimum absolute atomic E-state index is 0.0858. The van der Waals surface area contributed by atoms with E-state index in [2.05, 4.69) is 26.6 Å². The summed E-state index contributed by atoms with van der Waals surface area (Å²) in [6, 6.07) is 9.91.